The van der Waals surface area contributed by atoms with Crippen LogP contribution in [0.5, 0.6) is 0 Å². The van der Waals surface area contributed by atoms with Gasteiger partial charge in [0, 0.05) is 36.7 Å². The van der Waals surface area contributed by atoms with Crippen LogP contribution in [0.1, 0.15) is 16.2 Å². The van der Waals surface area contributed by atoms with E-state index in [1.165, 1.54) is 36.8 Å². The number of nitro benzene ring substituents is 1. The Labute approximate surface area is 172 Å². The number of hydrogen-bond donors (Lipinski definition) is 2. The van der Waals surface area contributed by atoms with Crippen molar-refractivity contribution in [1.82, 2.24) is 9.55 Å². The highest BCUT2D eigenvalue weighted by molar-refractivity contribution is 7.17. The highest BCUT2D eigenvalue weighted by Crippen LogP contribution is 2.22. The van der Waals surface area contributed by atoms with E-state index in [-0.39, 0.29) is 46.0 Å². The molecule has 3 rings (SSSR count). The number of benzene rings is 1. The monoisotopic (exact) mass is 432 g/mol. The first kappa shape index (κ1) is 21.1. The van der Waals surface area contributed by atoms with Crippen molar-refractivity contribution in [2.45, 2.75) is 13.0 Å². The first-order chi connectivity index (χ1) is 14.3. The van der Waals surface area contributed by atoms with Crippen molar-refractivity contribution in [2.75, 3.05) is 19.0 Å². The molecule has 0 aliphatic heterocycles. The van der Waals surface area contributed by atoms with Gasteiger partial charge in [-0.15, -0.1) is 11.3 Å². The normalized spacial score (nSPS) is 10.8. The number of aromatic carboxylic acids is 1. The molecular formula is C18H16N4O7S. The molecule has 3 aromatic rings. The first-order valence-corrected chi connectivity index (χ1v) is 9.47. The van der Waals surface area contributed by atoms with E-state index in [0.717, 1.165) is 15.9 Å². The number of carboxylic acids is 1. The predicted molar refractivity (Wildman–Crippen MR) is 108 cm³/mol. The Balaban J connectivity index is 1.97. The van der Waals surface area contributed by atoms with Crippen molar-refractivity contribution < 1.29 is 24.4 Å². The van der Waals surface area contributed by atoms with Crippen LogP contribution in [0.25, 0.3) is 10.2 Å². The van der Waals surface area contributed by atoms with Crippen LogP contribution in [0.2, 0.25) is 0 Å². The molecule has 0 unspecified atom stereocenters. The zero-order chi connectivity index (χ0) is 21.8. The van der Waals surface area contributed by atoms with Gasteiger partial charge in [-0.25, -0.2) is 9.78 Å². The van der Waals surface area contributed by atoms with Gasteiger partial charge in [0.25, 0.3) is 11.2 Å². The smallest absolute Gasteiger partial charge is 0.337 e. The van der Waals surface area contributed by atoms with Crippen molar-refractivity contribution in [3.63, 3.8) is 0 Å². The third-order valence-electron chi connectivity index (χ3n) is 4.18. The number of nitrogens with one attached hydrogen (secondary N) is 1. The Bertz CT molecular complexity index is 1200. The molecule has 12 heteroatoms. The molecule has 1 amide bonds. The summed E-state index contributed by atoms with van der Waals surface area (Å²) in [5.74, 6) is -1.62. The largest absolute Gasteiger partial charge is 0.478 e. The Morgan fingerprint density at radius 1 is 1.40 bits per heavy atom. The van der Waals surface area contributed by atoms with Gasteiger partial charge < -0.3 is 15.2 Å². The van der Waals surface area contributed by atoms with Crippen LogP contribution in [0.3, 0.4) is 0 Å². The lowest BCUT2D eigenvalue weighted by Gasteiger charge is -2.12. The van der Waals surface area contributed by atoms with Crippen molar-refractivity contribution in [3.05, 3.63) is 61.5 Å². The number of aromatic nitrogens is 2. The first-order valence-electron chi connectivity index (χ1n) is 8.59. The SMILES string of the molecule is COCCc1nc2scc(C(=O)O)c2c(=O)n1CC(=O)Nc1cccc([N+](=O)[O-])c1. The van der Waals surface area contributed by atoms with E-state index < -0.39 is 28.9 Å². The number of hydrogen-bond acceptors (Lipinski definition) is 8. The Kier molecular flexibility index (Phi) is 6.18. The van der Waals surface area contributed by atoms with Crippen LogP contribution >= 0.6 is 11.3 Å². The van der Waals surface area contributed by atoms with Crippen LogP contribution in [0.4, 0.5) is 11.4 Å². The lowest BCUT2D eigenvalue weighted by Crippen LogP contribution is -2.32. The summed E-state index contributed by atoms with van der Waals surface area (Å²) < 4.78 is 6.11. The number of ether oxygens (including phenoxy) is 1. The minimum atomic E-state index is -1.27. The maximum atomic E-state index is 13.0. The Hall–Kier alpha value is -3.64. The number of rotatable bonds is 8. The highest BCUT2D eigenvalue weighted by Gasteiger charge is 2.21. The second kappa shape index (κ2) is 8.80. The Morgan fingerprint density at radius 3 is 2.83 bits per heavy atom. The van der Waals surface area contributed by atoms with E-state index in [0.29, 0.717) is 0 Å². The van der Waals surface area contributed by atoms with E-state index in [1.54, 1.807) is 0 Å². The standard InChI is InChI=1S/C18H16N4O7S/c1-29-6-5-13-20-16-15(12(9-30-16)18(25)26)17(24)21(13)8-14(23)19-10-3-2-4-11(7-10)22(27)28/h2-4,7,9H,5-6,8H2,1H3,(H,19,23)(H,25,26). The van der Waals surface area contributed by atoms with E-state index in [9.17, 15) is 29.6 Å². The van der Waals surface area contributed by atoms with Crippen molar-refractivity contribution in [2.24, 2.45) is 0 Å². The fourth-order valence-electron chi connectivity index (χ4n) is 2.81. The number of non-ortho nitro benzene ring substituents is 1. The fraction of sp³-hybridized carbons (Fsp3) is 0.222. The zero-order valence-electron chi connectivity index (χ0n) is 15.7. The van der Waals surface area contributed by atoms with Crippen LogP contribution in [0.15, 0.2) is 34.4 Å². The molecule has 2 heterocycles. The number of methoxy groups -OCH3 is 1. The lowest BCUT2D eigenvalue weighted by molar-refractivity contribution is -0.384. The molecule has 30 heavy (non-hydrogen) atoms. The third kappa shape index (κ3) is 4.34. The van der Waals surface area contributed by atoms with Crippen LogP contribution < -0.4 is 10.9 Å². The molecule has 0 aliphatic rings. The molecule has 2 N–H and O–H groups in total. The van der Waals surface area contributed by atoms with Gasteiger partial charge in [-0.2, -0.15) is 0 Å². The van der Waals surface area contributed by atoms with Gasteiger partial charge in [-0.05, 0) is 6.07 Å². The van der Waals surface area contributed by atoms with E-state index in [2.05, 4.69) is 10.3 Å². The second-order valence-electron chi connectivity index (χ2n) is 6.15. The molecule has 11 nitrogen and oxygen atoms in total. The molecule has 0 aliphatic carbocycles. The van der Waals surface area contributed by atoms with E-state index in [1.807, 2.05) is 0 Å². The number of nitro groups is 1. The van der Waals surface area contributed by atoms with Gasteiger partial charge in [0.15, 0.2) is 0 Å². The molecule has 0 saturated heterocycles. The van der Waals surface area contributed by atoms with Crippen molar-refractivity contribution >= 4 is 44.8 Å². The van der Waals surface area contributed by atoms with Gasteiger partial charge in [-0.3, -0.25) is 24.3 Å². The van der Waals surface area contributed by atoms with Gasteiger partial charge in [0.05, 0.1) is 22.5 Å². The predicted octanol–water partition coefficient (Wildman–Crippen LogP) is 1.89. The Morgan fingerprint density at radius 2 is 2.17 bits per heavy atom. The molecule has 0 radical (unpaired) electrons. The molecule has 0 bridgehead atoms. The number of carboxylic acid groups (broad SMARTS) is 1. The molecule has 0 fully saturated rings. The number of carbonyl (C=O) groups is 2. The number of fused-ring (bicyclic) bond motifs is 1. The maximum Gasteiger partial charge on any atom is 0.337 e. The summed E-state index contributed by atoms with van der Waals surface area (Å²) in [7, 11) is 1.48. The number of amides is 1. The lowest BCUT2D eigenvalue weighted by atomic mass is 10.2. The molecule has 0 spiro atoms. The fourth-order valence-corrected chi connectivity index (χ4v) is 3.73. The molecule has 156 valence electrons. The van der Waals surface area contributed by atoms with Crippen LogP contribution in [-0.4, -0.2) is 45.2 Å². The topological polar surface area (TPSA) is 154 Å². The maximum absolute atomic E-state index is 13.0. The minimum Gasteiger partial charge on any atom is -0.478 e. The number of anilines is 1. The van der Waals surface area contributed by atoms with Gasteiger partial charge in [-0.1, -0.05) is 6.07 Å². The number of carbonyl (C=O) groups excluding carboxylic acids is 1. The summed E-state index contributed by atoms with van der Waals surface area (Å²) in [4.78, 5) is 51.8. The zero-order valence-corrected chi connectivity index (χ0v) is 16.5. The van der Waals surface area contributed by atoms with Gasteiger partial charge in [0.1, 0.15) is 17.2 Å². The minimum absolute atomic E-state index is 0.0724. The molecule has 0 atom stereocenters. The molecule has 1 aromatic carbocycles. The average Bonchev–Trinajstić information content (AvgIpc) is 3.13. The van der Waals surface area contributed by atoms with Gasteiger partial charge in [0.2, 0.25) is 5.91 Å². The van der Waals surface area contributed by atoms with E-state index >= 15 is 0 Å². The molecule has 0 saturated carbocycles. The van der Waals surface area contributed by atoms with Crippen LogP contribution in [-0.2, 0) is 22.5 Å². The van der Waals surface area contributed by atoms with Gasteiger partial charge >= 0.3 is 5.97 Å². The van der Waals surface area contributed by atoms with Crippen molar-refractivity contribution in [3.8, 4) is 0 Å². The summed E-state index contributed by atoms with van der Waals surface area (Å²) in [6, 6.07) is 5.37. The summed E-state index contributed by atoms with van der Waals surface area (Å²) in [6.07, 6.45) is 0.228. The summed E-state index contributed by atoms with van der Waals surface area (Å²) in [6.45, 7) is -0.208. The summed E-state index contributed by atoms with van der Waals surface area (Å²) >= 11 is 1.03. The number of thiophene rings is 1. The highest BCUT2D eigenvalue weighted by atomic mass is 32.1. The van der Waals surface area contributed by atoms with Crippen LogP contribution in [0, 0.1) is 10.1 Å². The third-order valence-corrected chi connectivity index (χ3v) is 5.05. The second-order valence-corrected chi connectivity index (χ2v) is 7.01. The van der Waals surface area contributed by atoms with Crippen molar-refractivity contribution in [1.29, 1.82) is 0 Å². The summed E-state index contributed by atoms with van der Waals surface area (Å²) in [5.41, 5.74) is -0.840. The average molecular weight is 432 g/mol. The quantitative estimate of drug-likeness (QED) is 0.404. The number of nitrogens with zero attached hydrogens (tertiary/aromatic N) is 3. The van der Waals surface area contributed by atoms with E-state index in [4.69, 9.17) is 4.74 Å². The summed E-state index contributed by atoms with van der Waals surface area (Å²) in [5, 5.41) is 24.0. The molecular weight excluding hydrogens is 416 g/mol. The molecule has 2 aromatic heterocycles.